The number of thiazole rings is 1. The number of carbonyl (C=O) groups is 2. The summed E-state index contributed by atoms with van der Waals surface area (Å²) in [6.07, 6.45) is 1.38. The number of aromatic nitrogens is 1. The van der Waals surface area contributed by atoms with E-state index in [0.29, 0.717) is 4.88 Å². The third-order valence-electron chi connectivity index (χ3n) is 1.87. The van der Waals surface area contributed by atoms with Gasteiger partial charge in [0.25, 0.3) is 5.91 Å². The molecule has 0 bridgehead atoms. The second kappa shape index (κ2) is 5.57. The Labute approximate surface area is 95.9 Å². The molecule has 1 atom stereocenters. The summed E-state index contributed by atoms with van der Waals surface area (Å²) in [6, 6.07) is -1.07. The van der Waals surface area contributed by atoms with Crippen LogP contribution in [-0.2, 0) is 4.79 Å². The van der Waals surface area contributed by atoms with Crippen LogP contribution in [0.3, 0.4) is 0 Å². The molecule has 0 aliphatic carbocycles. The lowest BCUT2D eigenvalue weighted by molar-refractivity contribution is -0.139. The van der Waals surface area contributed by atoms with Gasteiger partial charge in [0.05, 0.1) is 11.2 Å². The summed E-state index contributed by atoms with van der Waals surface area (Å²) in [5.74, 6) is -1.64. The third-order valence-corrected chi connectivity index (χ3v) is 2.78. The fourth-order valence-electron chi connectivity index (χ4n) is 1.08. The molecular formula is C9H12N2O4S. The van der Waals surface area contributed by atoms with Crippen molar-refractivity contribution in [1.82, 2.24) is 10.3 Å². The number of nitrogens with zero attached hydrogens (tertiary/aromatic N) is 1. The van der Waals surface area contributed by atoms with E-state index >= 15 is 0 Å². The molecule has 1 amide bonds. The second-order valence-corrected chi connectivity index (χ2v) is 4.35. The molecule has 0 aromatic carbocycles. The number of carbonyl (C=O) groups excluding carboxylic acids is 1. The average molecular weight is 244 g/mol. The van der Waals surface area contributed by atoms with Crippen LogP contribution in [-0.4, -0.2) is 39.7 Å². The molecule has 0 aliphatic rings. The molecular weight excluding hydrogens is 232 g/mol. The Bertz CT molecular complexity index is 391. The van der Waals surface area contributed by atoms with Crippen LogP contribution < -0.4 is 5.32 Å². The molecule has 3 N–H and O–H groups in total. The highest BCUT2D eigenvalue weighted by atomic mass is 32.1. The number of nitrogens with one attached hydrogen (secondary N) is 1. The molecule has 7 heteroatoms. The van der Waals surface area contributed by atoms with E-state index in [1.165, 1.54) is 17.5 Å². The number of hydrogen-bond donors (Lipinski definition) is 3. The monoisotopic (exact) mass is 244 g/mol. The first kappa shape index (κ1) is 12.6. The van der Waals surface area contributed by atoms with Crippen molar-refractivity contribution in [2.45, 2.75) is 19.4 Å². The van der Waals surface area contributed by atoms with Crippen molar-refractivity contribution in [2.75, 3.05) is 6.61 Å². The number of carboxylic acids is 1. The lowest BCUT2D eigenvalue weighted by atomic mass is 10.2. The number of carboxylic acid groups (broad SMARTS) is 1. The molecule has 1 aromatic heterocycles. The van der Waals surface area contributed by atoms with Crippen LogP contribution in [0.25, 0.3) is 0 Å². The van der Waals surface area contributed by atoms with E-state index in [0.717, 1.165) is 5.01 Å². The minimum absolute atomic E-state index is 0.0150. The molecule has 1 aromatic rings. The Balaban J connectivity index is 2.65. The molecule has 0 aliphatic heterocycles. The zero-order valence-electron chi connectivity index (χ0n) is 8.64. The van der Waals surface area contributed by atoms with Gasteiger partial charge in [-0.25, -0.2) is 9.78 Å². The Hall–Kier alpha value is -1.47. The topological polar surface area (TPSA) is 99.5 Å². The Morgan fingerprint density at radius 3 is 2.75 bits per heavy atom. The van der Waals surface area contributed by atoms with E-state index in [1.54, 1.807) is 6.92 Å². The number of aryl methyl sites for hydroxylation is 1. The minimum Gasteiger partial charge on any atom is -0.480 e. The van der Waals surface area contributed by atoms with Gasteiger partial charge < -0.3 is 15.5 Å². The summed E-state index contributed by atoms with van der Waals surface area (Å²) >= 11 is 1.19. The molecule has 6 nitrogen and oxygen atoms in total. The average Bonchev–Trinajstić information content (AvgIpc) is 2.64. The second-order valence-electron chi connectivity index (χ2n) is 3.12. The van der Waals surface area contributed by atoms with Crippen LogP contribution in [0.4, 0.5) is 0 Å². The molecule has 1 rings (SSSR count). The van der Waals surface area contributed by atoms with Gasteiger partial charge in [0, 0.05) is 13.0 Å². The molecule has 88 valence electrons. The summed E-state index contributed by atoms with van der Waals surface area (Å²) in [5.41, 5.74) is 0. The SMILES string of the molecule is Cc1ncc(C(=O)NC(CCO)C(=O)O)s1. The van der Waals surface area contributed by atoms with E-state index in [9.17, 15) is 9.59 Å². The predicted octanol–water partition coefficient (Wildman–Crippen LogP) is 0.0169. The van der Waals surface area contributed by atoms with Crippen molar-refractivity contribution in [1.29, 1.82) is 0 Å². The number of aliphatic hydroxyl groups is 1. The van der Waals surface area contributed by atoms with E-state index in [2.05, 4.69) is 10.3 Å². The number of rotatable bonds is 5. The van der Waals surface area contributed by atoms with Crippen LogP contribution >= 0.6 is 11.3 Å². The van der Waals surface area contributed by atoms with Crippen LogP contribution in [0.5, 0.6) is 0 Å². The maximum Gasteiger partial charge on any atom is 0.326 e. The van der Waals surface area contributed by atoms with E-state index in [1.807, 2.05) is 0 Å². The summed E-state index contributed by atoms with van der Waals surface area (Å²) in [4.78, 5) is 26.5. The standard InChI is InChI=1S/C9H12N2O4S/c1-5-10-4-7(16-5)8(13)11-6(2-3-12)9(14)15/h4,6,12H,2-3H2,1H3,(H,11,13)(H,14,15). The summed E-state index contributed by atoms with van der Waals surface area (Å²) in [5, 5.41) is 20.5. The molecule has 1 unspecified atom stereocenters. The fraction of sp³-hybridized carbons (Fsp3) is 0.444. The van der Waals surface area contributed by atoms with Gasteiger partial charge >= 0.3 is 5.97 Å². The van der Waals surface area contributed by atoms with Crippen LogP contribution in [0.2, 0.25) is 0 Å². The first-order valence-electron chi connectivity index (χ1n) is 4.61. The van der Waals surface area contributed by atoms with E-state index in [-0.39, 0.29) is 13.0 Å². The Morgan fingerprint density at radius 2 is 2.31 bits per heavy atom. The lowest BCUT2D eigenvalue weighted by Gasteiger charge is -2.11. The number of amides is 1. The van der Waals surface area contributed by atoms with Gasteiger partial charge in [-0.2, -0.15) is 0 Å². The summed E-state index contributed by atoms with van der Waals surface area (Å²) in [7, 11) is 0. The molecule has 0 spiro atoms. The summed E-state index contributed by atoms with van der Waals surface area (Å²) < 4.78 is 0. The number of aliphatic carboxylic acids is 1. The van der Waals surface area contributed by atoms with Crippen LogP contribution in [0.1, 0.15) is 21.1 Å². The third kappa shape index (κ3) is 3.28. The molecule has 0 radical (unpaired) electrons. The zero-order valence-corrected chi connectivity index (χ0v) is 9.45. The normalized spacial score (nSPS) is 12.1. The predicted molar refractivity (Wildman–Crippen MR) is 57.4 cm³/mol. The molecule has 16 heavy (non-hydrogen) atoms. The van der Waals surface area contributed by atoms with Crippen molar-refractivity contribution in [3.05, 3.63) is 16.1 Å². The molecule has 0 saturated heterocycles. The minimum atomic E-state index is -1.16. The lowest BCUT2D eigenvalue weighted by Crippen LogP contribution is -2.41. The number of hydrogen-bond acceptors (Lipinski definition) is 5. The highest BCUT2D eigenvalue weighted by Crippen LogP contribution is 2.11. The van der Waals surface area contributed by atoms with Crippen molar-refractivity contribution in [2.24, 2.45) is 0 Å². The van der Waals surface area contributed by atoms with Crippen molar-refractivity contribution >= 4 is 23.2 Å². The van der Waals surface area contributed by atoms with Gasteiger partial charge in [0.15, 0.2) is 0 Å². The highest BCUT2D eigenvalue weighted by Gasteiger charge is 2.20. The smallest absolute Gasteiger partial charge is 0.326 e. The highest BCUT2D eigenvalue weighted by molar-refractivity contribution is 7.13. The van der Waals surface area contributed by atoms with Crippen molar-refractivity contribution in [3.63, 3.8) is 0 Å². The van der Waals surface area contributed by atoms with Gasteiger partial charge in [-0.1, -0.05) is 0 Å². The zero-order chi connectivity index (χ0) is 12.1. The molecule has 0 fully saturated rings. The fourth-order valence-corrected chi connectivity index (χ4v) is 1.76. The first-order chi connectivity index (χ1) is 7.54. The Morgan fingerprint density at radius 1 is 1.62 bits per heavy atom. The maximum absolute atomic E-state index is 11.6. The van der Waals surface area contributed by atoms with Gasteiger partial charge in [-0.05, 0) is 6.92 Å². The van der Waals surface area contributed by atoms with Gasteiger partial charge in [-0.3, -0.25) is 4.79 Å². The molecule has 1 heterocycles. The molecule has 0 saturated carbocycles. The van der Waals surface area contributed by atoms with Gasteiger partial charge in [0.1, 0.15) is 10.9 Å². The van der Waals surface area contributed by atoms with Crippen LogP contribution in [0.15, 0.2) is 6.20 Å². The summed E-state index contributed by atoms with van der Waals surface area (Å²) in [6.45, 7) is 1.46. The largest absolute Gasteiger partial charge is 0.480 e. The number of aliphatic hydroxyl groups excluding tert-OH is 1. The van der Waals surface area contributed by atoms with Crippen molar-refractivity contribution < 1.29 is 19.8 Å². The van der Waals surface area contributed by atoms with E-state index in [4.69, 9.17) is 10.2 Å². The van der Waals surface area contributed by atoms with Crippen molar-refractivity contribution in [3.8, 4) is 0 Å². The van der Waals surface area contributed by atoms with Gasteiger partial charge in [0.2, 0.25) is 0 Å². The van der Waals surface area contributed by atoms with Crippen LogP contribution in [0, 0.1) is 6.92 Å². The first-order valence-corrected chi connectivity index (χ1v) is 5.43. The van der Waals surface area contributed by atoms with E-state index < -0.39 is 17.9 Å². The van der Waals surface area contributed by atoms with Gasteiger partial charge in [-0.15, -0.1) is 11.3 Å². The maximum atomic E-state index is 11.6. The Kier molecular flexibility index (Phi) is 4.39. The quantitative estimate of drug-likeness (QED) is 0.678.